The Hall–Kier alpha value is -3.19. The third kappa shape index (κ3) is 4.36. The van der Waals surface area contributed by atoms with Crippen LogP contribution in [-0.2, 0) is 16.1 Å². The van der Waals surface area contributed by atoms with Gasteiger partial charge in [-0.15, -0.1) is 11.3 Å². The van der Waals surface area contributed by atoms with Crippen molar-refractivity contribution in [1.29, 1.82) is 0 Å². The zero-order valence-electron chi connectivity index (χ0n) is 16.9. The third-order valence-corrected chi connectivity index (χ3v) is 6.08. The molecule has 2 amide bonds. The monoisotopic (exact) mass is 421 g/mol. The number of nitrogens with one attached hydrogen (secondary N) is 1. The van der Waals surface area contributed by atoms with Gasteiger partial charge in [0.15, 0.2) is 5.13 Å². The van der Waals surface area contributed by atoms with Crippen molar-refractivity contribution in [1.82, 2.24) is 9.88 Å². The topological polar surface area (TPSA) is 71.5 Å². The van der Waals surface area contributed by atoms with Gasteiger partial charge >= 0.3 is 0 Å². The first kappa shape index (κ1) is 20.1. The Morgan fingerprint density at radius 2 is 1.93 bits per heavy atom. The lowest BCUT2D eigenvalue weighted by Gasteiger charge is -2.16. The van der Waals surface area contributed by atoms with Crippen molar-refractivity contribution in [2.45, 2.75) is 19.9 Å². The van der Waals surface area contributed by atoms with E-state index in [0.29, 0.717) is 18.2 Å². The average molecular weight is 422 g/mol. The number of benzene rings is 2. The van der Waals surface area contributed by atoms with Crippen LogP contribution in [0.3, 0.4) is 0 Å². The van der Waals surface area contributed by atoms with Crippen molar-refractivity contribution in [2.24, 2.45) is 5.92 Å². The molecular weight excluding hydrogens is 398 g/mol. The molecule has 6 nitrogen and oxygen atoms in total. The number of methoxy groups -OCH3 is 1. The number of rotatable bonds is 6. The van der Waals surface area contributed by atoms with Crippen LogP contribution in [0.25, 0.3) is 11.3 Å². The van der Waals surface area contributed by atoms with Crippen molar-refractivity contribution in [2.75, 3.05) is 19.0 Å². The highest BCUT2D eigenvalue weighted by Gasteiger charge is 2.34. The summed E-state index contributed by atoms with van der Waals surface area (Å²) in [6, 6.07) is 17.5. The number of anilines is 1. The maximum absolute atomic E-state index is 12.8. The van der Waals surface area contributed by atoms with Gasteiger partial charge in [-0.25, -0.2) is 4.98 Å². The number of amides is 2. The highest BCUT2D eigenvalue weighted by atomic mass is 32.1. The second-order valence-electron chi connectivity index (χ2n) is 7.30. The Morgan fingerprint density at radius 1 is 1.20 bits per heavy atom. The number of nitrogens with zero attached hydrogens (tertiary/aromatic N) is 2. The molecule has 4 rings (SSSR count). The largest absolute Gasteiger partial charge is 0.497 e. The normalized spacial score (nSPS) is 16.0. The van der Waals surface area contributed by atoms with E-state index in [1.807, 2.05) is 61.5 Å². The predicted octanol–water partition coefficient (Wildman–Crippen LogP) is 4.11. The van der Waals surface area contributed by atoms with Crippen LogP contribution in [0.1, 0.15) is 16.9 Å². The number of carbonyl (C=O) groups excluding carboxylic acids is 2. The summed E-state index contributed by atoms with van der Waals surface area (Å²) in [5, 5.41) is 3.46. The molecule has 2 aromatic carbocycles. The summed E-state index contributed by atoms with van der Waals surface area (Å²) >= 11 is 1.44. The SMILES string of the molecule is COc1ccc(-c2nc(NC(=O)[C@@H]3CC(=O)N(Cc4ccccc4)C3)sc2C)cc1. The van der Waals surface area contributed by atoms with Crippen LogP contribution >= 0.6 is 11.3 Å². The van der Waals surface area contributed by atoms with Crippen LogP contribution in [-0.4, -0.2) is 35.4 Å². The van der Waals surface area contributed by atoms with Crippen molar-refractivity contribution < 1.29 is 14.3 Å². The van der Waals surface area contributed by atoms with Crippen molar-refractivity contribution >= 4 is 28.3 Å². The molecule has 3 aromatic rings. The highest BCUT2D eigenvalue weighted by Crippen LogP contribution is 2.32. The second kappa shape index (κ2) is 8.67. The molecule has 154 valence electrons. The highest BCUT2D eigenvalue weighted by molar-refractivity contribution is 7.16. The van der Waals surface area contributed by atoms with Crippen LogP contribution in [0.4, 0.5) is 5.13 Å². The standard InChI is InChI=1S/C23H23N3O3S/c1-15-21(17-8-10-19(29-2)11-9-17)24-23(30-15)25-22(28)18-12-20(27)26(14-18)13-16-6-4-3-5-7-16/h3-11,18H,12-14H2,1-2H3,(H,24,25,28)/t18-/m1/s1. The molecule has 0 spiro atoms. The predicted molar refractivity (Wildman–Crippen MR) is 117 cm³/mol. The zero-order valence-corrected chi connectivity index (χ0v) is 17.7. The first-order valence-corrected chi connectivity index (χ1v) is 10.6. The minimum Gasteiger partial charge on any atom is -0.497 e. The number of ether oxygens (including phenoxy) is 1. The first-order valence-electron chi connectivity index (χ1n) is 9.78. The molecule has 0 saturated carbocycles. The average Bonchev–Trinajstić information content (AvgIpc) is 3.31. The molecule has 1 aromatic heterocycles. The number of hydrogen-bond donors (Lipinski definition) is 1. The van der Waals surface area contributed by atoms with Gasteiger partial charge in [-0.2, -0.15) is 0 Å². The zero-order chi connectivity index (χ0) is 21.1. The lowest BCUT2D eigenvalue weighted by atomic mass is 10.1. The maximum Gasteiger partial charge on any atom is 0.231 e. The molecule has 1 aliphatic heterocycles. The van der Waals surface area contributed by atoms with Crippen molar-refractivity contribution in [3.63, 3.8) is 0 Å². The Labute approximate surface area is 179 Å². The minimum atomic E-state index is -0.366. The van der Waals surface area contributed by atoms with Crippen molar-refractivity contribution in [3.8, 4) is 17.0 Å². The molecule has 0 unspecified atom stereocenters. The van der Waals surface area contributed by atoms with Crippen molar-refractivity contribution in [3.05, 3.63) is 65.0 Å². The third-order valence-electron chi connectivity index (χ3n) is 5.19. The molecule has 1 N–H and O–H groups in total. The van der Waals surface area contributed by atoms with E-state index < -0.39 is 0 Å². The van der Waals surface area contributed by atoms with Gasteiger partial charge in [0.05, 0.1) is 18.7 Å². The van der Waals surface area contributed by atoms with E-state index in [1.54, 1.807) is 12.0 Å². The van der Waals surface area contributed by atoms with Crippen LogP contribution in [0.15, 0.2) is 54.6 Å². The molecule has 30 heavy (non-hydrogen) atoms. The van der Waals surface area contributed by atoms with E-state index in [9.17, 15) is 9.59 Å². The van der Waals surface area contributed by atoms with Gasteiger partial charge in [-0.1, -0.05) is 30.3 Å². The summed E-state index contributed by atoms with van der Waals surface area (Å²) in [7, 11) is 1.63. The lowest BCUT2D eigenvalue weighted by molar-refractivity contribution is -0.128. The van der Waals surface area contributed by atoms with Gasteiger partial charge in [-0.3, -0.25) is 9.59 Å². The van der Waals surface area contributed by atoms with Gasteiger partial charge in [0.25, 0.3) is 0 Å². The summed E-state index contributed by atoms with van der Waals surface area (Å²) in [6.07, 6.45) is 0.231. The Kier molecular flexibility index (Phi) is 5.81. The quantitative estimate of drug-likeness (QED) is 0.650. The van der Waals surface area contributed by atoms with Crippen LogP contribution in [0, 0.1) is 12.8 Å². The van der Waals surface area contributed by atoms with E-state index in [1.165, 1.54) is 11.3 Å². The van der Waals surface area contributed by atoms with Gasteiger partial charge in [-0.05, 0) is 36.8 Å². The number of carbonyl (C=O) groups is 2. The van der Waals surface area contributed by atoms with Crippen LogP contribution in [0.2, 0.25) is 0 Å². The van der Waals surface area contributed by atoms with E-state index in [4.69, 9.17) is 4.74 Å². The molecule has 0 radical (unpaired) electrons. The number of hydrogen-bond acceptors (Lipinski definition) is 5. The maximum atomic E-state index is 12.8. The van der Waals surface area contributed by atoms with E-state index >= 15 is 0 Å². The molecule has 0 aliphatic carbocycles. The van der Waals surface area contributed by atoms with E-state index in [2.05, 4.69) is 10.3 Å². The number of thiazole rings is 1. The fourth-order valence-electron chi connectivity index (χ4n) is 3.58. The van der Waals surface area contributed by atoms with E-state index in [-0.39, 0.29) is 24.2 Å². The fraction of sp³-hybridized carbons (Fsp3) is 0.261. The Balaban J connectivity index is 1.41. The molecule has 0 bridgehead atoms. The molecule has 1 aliphatic rings. The summed E-state index contributed by atoms with van der Waals surface area (Å²) < 4.78 is 5.20. The van der Waals surface area contributed by atoms with Gasteiger partial charge in [0.2, 0.25) is 11.8 Å². The molecule has 1 saturated heterocycles. The lowest BCUT2D eigenvalue weighted by Crippen LogP contribution is -2.28. The Morgan fingerprint density at radius 3 is 2.63 bits per heavy atom. The van der Waals surface area contributed by atoms with Gasteiger partial charge < -0.3 is 15.0 Å². The van der Waals surface area contributed by atoms with E-state index in [0.717, 1.165) is 27.4 Å². The number of likely N-dealkylation sites (tertiary alicyclic amines) is 1. The molecule has 1 atom stereocenters. The number of aryl methyl sites for hydroxylation is 1. The second-order valence-corrected chi connectivity index (χ2v) is 8.51. The summed E-state index contributed by atoms with van der Waals surface area (Å²) in [4.78, 5) is 32.5. The Bertz CT molecular complexity index is 1050. The summed E-state index contributed by atoms with van der Waals surface area (Å²) in [5.74, 6) is 0.267. The smallest absolute Gasteiger partial charge is 0.231 e. The summed E-state index contributed by atoms with van der Waals surface area (Å²) in [6.45, 7) is 2.93. The molecular formula is C23H23N3O3S. The van der Waals surface area contributed by atoms with Crippen LogP contribution in [0.5, 0.6) is 5.75 Å². The van der Waals surface area contributed by atoms with Gasteiger partial charge in [0.1, 0.15) is 5.75 Å². The minimum absolute atomic E-state index is 0.00763. The van der Waals surface area contributed by atoms with Gasteiger partial charge in [0, 0.05) is 30.0 Å². The fourth-order valence-corrected chi connectivity index (χ4v) is 4.42. The van der Waals surface area contributed by atoms with Crippen LogP contribution < -0.4 is 10.1 Å². The molecule has 7 heteroatoms. The molecule has 1 fully saturated rings. The first-order chi connectivity index (χ1) is 14.5. The summed E-state index contributed by atoms with van der Waals surface area (Å²) in [5.41, 5.74) is 2.87. The number of aromatic nitrogens is 1. The molecule has 2 heterocycles.